The van der Waals surface area contributed by atoms with Crippen molar-refractivity contribution in [2.45, 2.75) is 26.5 Å². The molecule has 1 aromatic carbocycles. The average molecular weight is 381 g/mol. The fourth-order valence-corrected chi connectivity index (χ4v) is 2.52. The van der Waals surface area contributed by atoms with Crippen molar-refractivity contribution in [3.8, 4) is 11.5 Å². The Morgan fingerprint density at radius 3 is 2.78 bits per heavy atom. The molecule has 0 saturated carbocycles. The maximum absolute atomic E-state index is 12.8. The van der Waals surface area contributed by atoms with Gasteiger partial charge in [0.15, 0.2) is 17.5 Å². The third-order valence-electron chi connectivity index (χ3n) is 3.70. The van der Waals surface area contributed by atoms with Crippen molar-refractivity contribution in [1.82, 2.24) is 20.4 Å². The molecule has 7 nitrogen and oxygen atoms in total. The fraction of sp³-hybridized carbons (Fsp3) is 0.444. The number of guanidine groups is 1. The topological polar surface area (TPSA) is 72.7 Å². The number of aryl methyl sites for hydroxylation is 1. The molecule has 0 aliphatic rings. The number of benzene rings is 1. The van der Waals surface area contributed by atoms with Gasteiger partial charge in [-0.15, -0.1) is 0 Å². The summed E-state index contributed by atoms with van der Waals surface area (Å²) in [5.41, 5.74) is 1.66. The highest BCUT2D eigenvalue weighted by atomic mass is 19.3. The van der Waals surface area contributed by atoms with Gasteiger partial charge < -0.3 is 20.1 Å². The Balaban J connectivity index is 1.95. The molecule has 0 saturated heterocycles. The summed E-state index contributed by atoms with van der Waals surface area (Å²) in [5.74, 6) is 0.882. The summed E-state index contributed by atoms with van der Waals surface area (Å²) in [6, 6.07) is 5.04. The maximum atomic E-state index is 12.8. The van der Waals surface area contributed by atoms with Gasteiger partial charge in [0.25, 0.3) is 0 Å². The van der Waals surface area contributed by atoms with Gasteiger partial charge in [0.05, 0.1) is 12.8 Å². The minimum absolute atomic E-state index is 0.0349. The molecule has 0 unspecified atom stereocenters. The molecule has 0 aliphatic heterocycles. The lowest BCUT2D eigenvalue weighted by Gasteiger charge is -2.17. The van der Waals surface area contributed by atoms with Gasteiger partial charge in [-0.2, -0.15) is 13.9 Å². The van der Waals surface area contributed by atoms with Gasteiger partial charge in [-0.3, -0.25) is 9.67 Å². The lowest BCUT2D eigenvalue weighted by Crippen LogP contribution is -2.38. The molecular formula is C18H25F2N5O2. The van der Waals surface area contributed by atoms with Gasteiger partial charge in [0, 0.05) is 38.9 Å². The van der Waals surface area contributed by atoms with Crippen molar-refractivity contribution in [3.63, 3.8) is 0 Å². The summed E-state index contributed by atoms with van der Waals surface area (Å²) in [6.07, 6.45) is 4.55. The van der Waals surface area contributed by atoms with E-state index < -0.39 is 6.61 Å². The summed E-state index contributed by atoms with van der Waals surface area (Å²) in [4.78, 5) is 4.14. The van der Waals surface area contributed by atoms with E-state index in [1.807, 2.05) is 19.4 Å². The molecule has 0 amide bonds. The molecule has 1 aromatic heterocycles. The van der Waals surface area contributed by atoms with Crippen LogP contribution < -0.4 is 20.1 Å². The molecule has 0 atom stereocenters. The van der Waals surface area contributed by atoms with Crippen LogP contribution in [0.1, 0.15) is 18.1 Å². The van der Waals surface area contributed by atoms with Crippen LogP contribution in [-0.4, -0.2) is 42.6 Å². The largest absolute Gasteiger partial charge is 0.490 e. The number of halogens is 2. The first kappa shape index (κ1) is 20.5. The van der Waals surface area contributed by atoms with Crippen LogP contribution in [0.15, 0.2) is 35.6 Å². The second-order valence-corrected chi connectivity index (χ2v) is 5.68. The predicted octanol–water partition coefficient (Wildman–Crippen LogP) is 2.33. The first-order valence-corrected chi connectivity index (χ1v) is 8.65. The number of alkyl halides is 2. The smallest absolute Gasteiger partial charge is 0.387 e. The highest BCUT2D eigenvalue weighted by molar-refractivity contribution is 5.79. The van der Waals surface area contributed by atoms with Crippen molar-refractivity contribution in [2.24, 2.45) is 12.0 Å². The van der Waals surface area contributed by atoms with Crippen LogP contribution in [-0.2, 0) is 20.0 Å². The van der Waals surface area contributed by atoms with Gasteiger partial charge in [0.1, 0.15) is 0 Å². The second kappa shape index (κ2) is 10.3. The summed E-state index contributed by atoms with van der Waals surface area (Å²) in [6.45, 7) is 0.127. The van der Waals surface area contributed by atoms with E-state index in [0.29, 0.717) is 24.7 Å². The Bertz CT molecular complexity index is 749. The van der Waals surface area contributed by atoms with Crippen LogP contribution >= 0.6 is 0 Å². The minimum Gasteiger partial charge on any atom is -0.490 e. The van der Waals surface area contributed by atoms with Gasteiger partial charge in [-0.25, -0.2) is 0 Å². The Kier molecular flexibility index (Phi) is 7.84. The number of nitrogens with one attached hydrogen (secondary N) is 2. The molecule has 0 bridgehead atoms. The molecule has 2 aromatic rings. The summed E-state index contributed by atoms with van der Waals surface area (Å²) in [7, 11) is 3.51. The summed E-state index contributed by atoms with van der Waals surface area (Å²) < 4.78 is 37.4. The van der Waals surface area contributed by atoms with E-state index in [1.165, 1.54) is 0 Å². The molecule has 1 heterocycles. The second-order valence-electron chi connectivity index (χ2n) is 5.68. The minimum atomic E-state index is -2.93. The molecule has 0 aliphatic carbocycles. The van der Waals surface area contributed by atoms with Crippen LogP contribution in [0.2, 0.25) is 0 Å². The van der Waals surface area contributed by atoms with Crippen molar-refractivity contribution in [2.75, 3.05) is 20.2 Å². The van der Waals surface area contributed by atoms with Crippen LogP contribution in [0, 0.1) is 0 Å². The van der Waals surface area contributed by atoms with Crippen molar-refractivity contribution in [3.05, 3.63) is 41.7 Å². The Labute approximate surface area is 157 Å². The van der Waals surface area contributed by atoms with E-state index in [4.69, 9.17) is 4.74 Å². The third kappa shape index (κ3) is 6.43. The number of hydrogen-bond acceptors (Lipinski definition) is 4. The zero-order valence-electron chi connectivity index (χ0n) is 15.7. The standard InChI is InChI=1S/C18H25F2N5O2/c1-4-26-15-7-5-6-14(16(15)27-17(19)20)11-23-18(21-2)22-9-8-13-10-24-25(3)12-13/h5-7,10,12,17H,4,8-9,11H2,1-3H3,(H2,21,22,23). The van der Waals surface area contributed by atoms with Crippen LogP contribution in [0.4, 0.5) is 8.78 Å². The highest BCUT2D eigenvalue weighted by Crippen LogP contribution is 2.32. The van der Waals surface area contributed by atoms with Crippen molar-refractivity contribution < 1.29 is 18.3 Å². The number of para-hydroxylation sites is 1. The van der Waals surface area contributed by atoms with Crippen LogP contribution in [0.5, 0.6) is 11.5 Å². The van der Waals surface area contributed by atoms with Crippen molar-refractivity contribution >= 4 is 5.96 Å². The van der Waals surface area contributed by atoms with E-state index in [9.17, 15) is 8.78 Å². The zero-order chi connectivity index (χ0) is 19.6. The maximum Gasteiger partial charge on any atom is 0.387 e. The Hall–Kier alpha value is -2.84. The lowest BCUT2D eigenvalue weighted by molar-refractivity contribution is -0.0520. The molecule has 0 radical (unpaired) electrons. The summed E-state index contributed by atoms with van der Waals surface area (Å²) in [5, 5.41) is 10.4. The number of aliphatic imine (C=N–C) groups is 1. The Morgan fingerprint density at radius 2 is 2.15 bits per heavy atom. The van der Waals surface area contributed by atoms with E-state index in [2.05, 4.69) is 25.5 Å². The SMILES string of the molecule is CCOc1cccc(CNC(=NC)NCCc2cnn(C)c2)c1OC(F)F. The summed E-state index contributed by atoms with van der Waals surface area (Å²) >= 11 is 0. The fourth-order valence-electron chi connectivity index (χ4n) is 2.52. The number of hydrogen-bond donors (Lipinski definition) is 2. The molecule has 9 heteroatoms. The number of ether oxygens (including phenoxy) is 2. The van der Waals surface area contributed by atoms with Crippen LogP contribution in [0.25, 0.3) is 0 Å². The normalized spacial score (nSPS) is 11.6. The first-order valence-electron chi connectivity index (χ1n) is 8.65. The number of aromatic nitrogens is 2. The van der Waals surface area contributed by atoms with Gasteiger partial charge >= 0.3 is 6.61 Å². The molecule has 148 valence electrons. The molecular weight excluding hydrogens is 356 g/mol. The monoisotopic (exact) mass is 381 g/mol. The van der Waals surface area contributed by atoms with Crippen LogP contribution in [0.3, 0.4) is 0 Å². The molecule has 2 N–H and O–H groups in total. The molecule has 0 spiro atoms. The quantitative estimate of drug-likeness (QED) is 0.515. The molecule has 27 heavy (non-hydrogen) atoms. The van der Waals surface area contributed by atoms with Gasteiger partial charge in [-0.05, 0) is 25.0 Å². The highest BCUT2D eigenvalue weighted by Gasteiger charge is 2.16. The molecule has 0 fully saturated rings. The first-order chi connectivity index (χ1) is 13.0. The average Bonchev–Trinajstić information content (AvgIpc) is 3.05. The zero-order valence-corrected chi connectivity index (χ0v) is 15.7. The van der Waals surface area contributed by atoms with E-state index in [0.717, 1.165) is 12.0 Å². The van der Waals surface area contributed by atoms with E-state index in [-0.39, 0.29) is 18.0 Å². The van der Waals surface area contributed by atoms with Gasteiger partial charge in [0.2, 0.25) is 0 Å². The predicted molar refractivity (Wildman–Crippen MR) is 99.4 cm³/mol. The Morgan fingerprint density at radius 1 is 1.33 bits per heavy atom. The van der Waals surface area contributed by atoms with Gasteiger partial charge in [-0.1, -0.05) is 12.1 Å². The lowest BCUT2D eigenvalue weighted by atomic mass is 10.2. The molecule has 2 rings (SSSR count). The number of nitrogens with zero attached hydrogens (tertiary/aromatic N) is 3. The van der Waals surface area contributed by atoms with E-state index in [1.54, 1.807) is 36.9 Å². The van der Waals surface area contributed by atoms with Crippen molar-refractivity contribution in [1.29, 1.82) is 0 Å². The third-order valence-corrected chi connectivity index (χ3v) is 3.70. The number of rotatable bonds is 9. The van der Waals surface area contributed by atoms with E-state index >= 15 is 0 Å².